The normalized spacial score (nSPS) is 13.0. The first-order valence-corrected chi connectivity index (χ1v) is 1.38. The molecule has 1 aliphatic heterocycles. The van der Waals surface area contributed by atoms with Gasteiger partial charge in [-0.2, -0.15) is 6.61 Å². The topological polar surface area (TPSA) is 32.8 Å². The number of rotatable bonds is 0. The van der Waals surface area contributed by atoms with Gasteiger partial charge in [0.25, 0.3) is 0 Å². The molecule has 0 aromatic rings. The minimum atomic E-state index is 0. The molecule has 1 N–H and O–H groups in total. The van der Waals surface area contributed by atoms with E-state index in [1.807, 2.05) is 0 Å². The van der Waals surface area contributed by atoms with Gasteiger partial charge in [0.1, 0.15) is 0 Å². The quantitative estimate of drug-likeness (QED) is 0.396. The van der Waals surface area contributed by atoms with E-state index in [0.717, 1.165) is 13.7 Å². The van der Waals surface area contributed by atoms with Crippen LogP contribution in [0.1, 0.15) is 0 Å². The monoisotopic (exact) mass is 164 g/mol. The molecular formula is C3H7O2Y-. The Labute approximate surface area is 62.8 Å². The maximum Gasteiger partial charge on any atom is 0.0319 e. The summed E-state index contributed by atoms with van der Waals surface area (Å²) in [7, 11) is 1.00. The fraction of sp³-hybridized carbons (Fsp3) is 0.667. The smallest absolute Gasteiger partial charge is 0.0319 e. The summed E-state index contributed by atoms with van der Waals surface area (Å²) in [6.07, 6.45) is 0. The molecule has 1 heterocycles. The Morgan fingerprint density at radius 2 is 1.83 bits per heavy atom. The largest absolute Gasteiger partial charge is 0.574 e. The second-order valence-corrected chi connectivity index (χ2v) is 0.500. The predicted molar refractivity (Wildman–Crippen MR) is 18.4 cm³/mol. The maximum absolute atomic E-state index is 7.00. The summed E-state index contributed by atoms with van der Waals surface area (Å²) in [5, 5.41) is 7.00. The summed E-state index contributed by atoms with van der Waals surface area (Å²) in [6, 6.07) is 0. The van der Waals surface area contributed by atoms with E-state index in [-0.39, 0.29) is 32.7 Å². The van der Waals surface area contributed by atoms with Crippen LogP contribution in [0, 0.1) is 6.61 Å². The van der Waals surface area contributed by atoms with Crippen molar-refractivity contribution in [3.8, 4) is 0 Å². The van der Waals surface area contributed by atoms with E-state index in [1.165, 1.54) is 0 Å². The number of aliphatic hydroxyl groups excluding tert-OH is 1. The van der Waals surface area contributed by atoms with Gasteiger partial charge in [-0.3, -0.25) is 0 Å². The van der Waals surface area contributed by atoms with E-state index in [1.54, 1.807) is 6.61 Å². The molecule has 0 spiro atoms. The summed E-state index contributed by atoms with van der Waals surface area (Å²) in [6.45, 7) is 2.62. The van der Waals surface area contributed by atoms with Gasteiger partial charge in [0, 0.05) is 39.8 Å². The molecule has 6 heavy (non-hydrogen) atoms. The van der Waals surface area contributed by atoms with Gasteiger partial charge in [-0.15, -0.1) is 0 Å². The van der Waals surface area contributed by atoms with Crippen LogP contribution >= 0.6 is 0 Å². The predicted octanol–water partition coefficient (Wildman–Crippen LogP) is -0.216. The van der Waals surface area contributed by atoms with Crippen molar-refractivity contribution in [2.75, 3.05) is 13.7 Å². The van der Waals surface area contributed by atoms with E-state index in [9.17, 15) is 0 Å². The van der Waals surface area contributed by atoms with Gasteiger partial charge in [0.05, 0.1) is 0 Å². The fourth-order valence-electron chi connectivity index (χ4n) is 0. The Hall–Kier alpha value is 1.02. The molecule has 1 fully saturated rings. The van der Waals surface area contributed by atoms with Gasteiger partial charge in [-0.25, -0.2) is 0 Å². The van der Waals surface area contributed by atoms with E-state index in [4.69, 9.17) is 5.11 Å². The first-order valence-electron chi connectivity index (χ1n) is 1.38. The van der Waals surface area contributed by atoms with Crippen LogP contribution < -0.4 is 0 Å². The van der Waals surface area contributed by atoms with Crippen molar-refractivity contribution in [2.45, 2.75) is 0 Å². The Balaban J connectivity index is 0. The van der Waals surface area contributed by atoms with Gasteiger partial charge in [-0.1, -0.05) is 6.61 Å². The standard InChI is InChI=1S/C2H3O.CH4O.Y/c1-2-3-1;1-2;/h1H,2H2;2H,1H3;/q-1;;. The molecule has 3 heteroatoms. The molecule has 1 radical (unpaired) electrons. The minimum Gasteiger partial charge on any atom is -0.574 e. The molecule has 0 unspecified atom stereocenters. The van der Waals surface area contributed by atoms with Crippen LogP contribution in [0.4, 0.5) is 0 Å². The van der Waals surface area contributed by atoms with Crippen molar-refractivity contribution in [2.24, 2.45) is 0 Å². The first-order chi connectivity index (χ1) is 2.50. The van der Waals surface area contributed by atoms with Crippen molar-refractivity contribution < 1.29 is 42.6 Å². The molecule has 0 bridgehead atoms. The third-order valence-electron chi connectivity index (χ3n) is 0.167. The van der Waals surface area contributed by atoms with Gasteiger partial charge in [0.15, 0.2) is 0 Å². The summed E-state index contributed by atoms with van der Waals surface area (Å²) in [5.74, 6) is 0. The molecule has 0 aromatic heterocycles. The number of hydrogen-bond acceptors (Lipinski definition) is 2. The second kappa shape index (κ2) is 9.39. The molecule has 1 saturated heterocycles. The molecule has 1 aliphatic rings. The van der Waals surface area contributed by atoms with Crippen LogP contribution in [0.2, 0.25) is 0 Å². The van der Waals surface area contributed by atoms with Crippen molar-refractivity contribution in [1.82, 2.24) is 0 Å². The summed E-state index contributed by atoms with van der Waals surface area (Å²) in [4.78, 5) is 0. The first kappa shape index (κ1) is 10.1. The van der Waals surface area contributed by atoms with E-state index in [2.05, 4.69) is 4.74 Å². The summed E-state index contributed by atoms with van der Waals surface area (Å²) < 4.78 is 4.38. The van der Waals surface area contributed by atoms with Crippen molar-refractivity contribution >= 4 is 0 Å². The zero-order valence-corrected chi connectivity index (χ0v) is 6.56. The van der Waals surface area contributed by atoms with E-state index < -0.39 is 0 Å². The second-order valence-electron chi connectivity index (χ2n) is 0.500. The Kier molecular flexibility index (Phi) is 15.8. The summed E-state index contributed by atoms with van der Waals surface area (Å²) >= 11 is 0. The fourth-order valence-corrected chi connectivity index (χ4v) is 0. The molecule has 0 aromatic carbocycles. The molecule has 2 nitrogen and oxygen atoms in total. The van der Waals surface area contributed by atoms with Crippen LogP contribution in [0.3, 0.4) is 0 Å². The van der Waals surface area contributed by atoms with Gasteiger partial charge >= 0.3 is 0 Å². The molecule has 0 saturated carbocycles. The Morgan fingerprint density at radius 1 is 1.67 bits per heavy atom. The third-order valence-corrected chi connectivity index (χ3v) is 0.167. The van der Waals surface area contributed by atoms with E-state index in [0.29, 0.717) is 0 Å². The molecule has 1 rings (SSSR count). The number of aliphatic hydroxyl groups is 1. The Bertz CT molecular complexity index is 13.5. The zero-order valence-electron chi connectivity index (χ0n) is 3.72. The Morgan fingerprint density at radius 3 is 1.83 bits per heavy atom. The van der Waals surface area contributed by atoms with E-state index >= 15 is 0 Å². The molecule has 0 atom stereocenters. The van der Waals surface area contributed by atoms with Crippen molar-refractivity contribution in [1.29, 1.82) is 0 Å². The SMILES string of the molecule is CO.[CH-]1CO1.[Y]. The van der Waals surface area contributed by atoms with Crippen molar-refractivity contribution in [3.63, 3.8) is 0 Å². The minimum absolute atomic E-state index is 0. The average Bonchev–Trinajstić information content (AvgIpc) is 2.19. The zero-order chi connectivity index (χ0) is 4.12. The number of hydrogen-bond donors (Lipinski definition) is 1. The van der Waals surface area contributed by atoms with Crippen LogP contribution in [-0.2, 0) is 37.4 Å². The molecule has 35 valence electrons. The number of epoxide rings is 1. The van der Waals surface area contributed by atoms with Crippen LogP contribution in [0.25, 0.3) is 0 Å². The molecule has 0 aliphatic carbocycles. The van der Waals surface area contributed by atoms with Crippen LogP contribution in [0.5, 0.6) is 0 Å². The summed E-state index contributed by atoms with van der Waals surface area (Å²) in [5.41, 5.74) is 0. The van der Waals surface area contributed by atoms with Gasteiger partial charge < -0.3 is 9.84 Å². The van der Waals surface area contributed by atoms with Crippen LogP contribution in [-0.4, -0.2) is 18.8 Å². The third kappa shape index (κ3) is 19.9. The van der Waals surface area contributed by atoms with Gasteiger partial charge in [0.2, 0.25) is 0 Å². The van der Waals surface area contributed by atoms with Crippen LogP contribution in [0.15, 0.2) is 0 Å². The molecular weight excluding hydrogens is 157 g/mol. The van der Waals surface area contributed by atoms with Crippen molar-refractivity contribution in [3.05, 3.63) is 6.61 Å². The number of ether oxygens (including phenoxy) is 1. The molecule has 0 amide bonds. The van der Waals surface area contributed by atoms with Gasteiger partial charge in [-0.05, 0) is 0 Å². The average molecular weight is 164 g/mol. The maximum atomic E-state index is 7.00.